The fourth-order valence-corrected chi connectivity index (χ4v) is 3.56. The minimum Gasteiger partial charge on any atom is -0.494 e. The number of hydrogen-bond acceptors (Lipinski definition) is 4. The second kappa shape index (κ2) is 5.69. The Balaban J connectivity index is 1.87. The Bertz CT molecular complexity index is 1410. The molecule has 134 valence electrons. The highest BCUT2D eigenvalue weighted by molar-refractivity contribution is 6.12. The van der Waals surface area contributed by atoms with Gasteiger partial charge in [0.15, 0.2) is 0 Å². The van der Waals surface area contributed by atoms with E-state index in [0.29, 0.717) is 44.2 Å². The lowest BCUT2D eigenvalue weighted by Crippen LogP contribution is -1.95. The van der Waals surface area contributed by atoms with E-state index in [-0.39, 0.29) is 5.88 Å². The molecule has 0 saturated heterocycles. The lowest BCUT2D eigenvalue weighted by molar-refractivity contribution is 0.450. The Morgan fingerprint density at radius 2 is 2.00 bits per heavy atom. The number of nitrogen functional groups attached to an aromatic ring is 1. The number of aromatic hydroxyl groups is 1. The quantitative estimate of drug-likeness (QED) is 0.543. The van der Waals surface area contributed by atoms with Crippen molar-refractivity contribution in [2.45, 2.75) is 0 Å². The van der Waals surface area contributed by atoms with Gasteiger partial charge in [-0.15, -0.1) is 0 Å². The number of nitrogens with two attached hydrogens (primary N) is 1. The summed E-state index contributed by atoms with van der Waals surface area (Å²) in [6, 6.07) is 11.5. The predicted octanol–water partition coefficient (Wildman–Crippen LogP) is 4.57. The average molecular weight is 368 g/mol. The van der Waals surface area contributed by atoms with Crippen LogP contribution in [-0.2, 0) is 0 Å². The van der Waals surface area contributed by atoms with Gasteiger partial charge in [0, 0.05) is 28.4 Å². The lowest BCUT2D eigenvalue weighted by Gasteiger charge is -2.11. The second-order valence-electron chi connectivity index (χ2n) is 6.56. The monoisotopic (exact) mass is 368 g/mol. The van der Waals surface area contributed by atoms with Gasteiger partial charge in [-0.25, -0.2) is 9.37 Å². The van der Waals surface area contributed by atoms with Gasteiger partial charge in [-0.2, -0.15) is 5.26 Å². The van der Waals surface area contributed by atoms with Gasteiger partial charge in [0.1, 0.15) is 5.82 Å². The summed E-state index contributed by atoms with van der Waals surface area (Å²) in [5, 5.41) is 21.2. The van der Waals surface area contributed by atoms with E-state index < -0.39 is 5.82 Å². The van der Waals surface area contributed by atoms with E-state index in [4.69, 9.17) is 10.7 Å². The average Bonchev–Trinajstić information content (AvgIpc) is 2.96. The van der Waals surface area contributed by atoms with Gasteiger partial charge < -0.3 is 10.8 Å². The van der Waals surface area contributed by atoms with Crippen molar-refractivity contribution in [1.82, 2.24) is 9.55 Å². The van der Waals surface area contributed by atoms with E-state index in [0.717, 1.165) is 5.70 Å². The molecule has 0 saturated carbocycles. The second-order valence-corrected chi connectivity index (χ2v) is 6.56. The number of aromatic nitrogens is 2. The molecule has 5 rings (SSSR count). The number of nitriles is 1. The van der Waals surface area contributed by atoms with Crippen LogP contribution in [-0.4, -0.2) is 14.7 Å². The summed E-state index contributed by atoms with van der Waals surface area (Å²) in [6.45, 7) is 0. The van der Waals surface area contributed by atoms with Gasteiger partial charge in [-0.3, -0.25) is 4.57 Å². The summed E-state index contributed by atoms with van der Waals surface area (Å²) in [7, 11) is 0. The molecule has 0 unspecified atom stereocenters. The molecular weight excluding hydrogens is 355 g/mol. The van der Waals surface area contributed by atoms with Crippen LogP contribution in [0.15, 0.2) is 60.8 Å². The zero-order valence-electron chi connectivity index (χ0n) is 14.5. The van der Waals surface area contributed by atoms with Crippen LogP contribution in [0.4, 0.5) is 10.1 Å². The molecule has 2 heterocycles. The van der Waals surface area contributed by atoms with Crippen LogP contribution in [0.5, 0.6) is 5.88 Å². The van der Waals surface area contributed by atoms with Crippen molar-refractivity contribution in [3.63, 3.8) is 0 Å². The summed E-state index contributed by atoms with van der Waals surface area (Å²) in [4.78, 5) is 4.70. The molecular formula is C22H13FN4O. The Kier molecular flexibility index (Phi) is 3.27. The Labute approximate surface area is 159 Å². The van der Waals surface area contributed by atoms with Gasteiger partial charge in [-0.05, 0) is 30.4 Å². The molecule has 1 aliphatic carbocycles. The van der Waals surface area contributed by atoms with Gasteiger partial charge >= 0.3 is 0 Å². The number of para-hydroxylation sites is 1. The van der Waals surface area contributed by atoms with E-state index in [9.17, 15) is 14.8 Å². The third kappa shape index (κ3) is 2.14. The Hall–Kier alpha value is -4.11. The summed E-state index contributed by atoms with van der Waals surface area (Å²) >= 11 is 0. The smallest absolute Gasteiger partial charge is 0.207 e. The number of hydrogen-bond donors (Lipinski definition) is 2. The van der Waals surface area contributed by atoms with Gasteiger partial charge in [0.2, 0.25) is 5.88 Å². The highest BCUT2D eigenvalue weighted by atomic mass is 19.1. The van der Waals surface area contributed by atoms with Crippen LogP contribution in [0.25, 0.3) is 38.6 Å². The van der Waals surface area contributed by atoms with Crippen LogP contribution in [0.3, 0.4) is 0 Å². The van der Waals surface area contributed by atoms with Gasteiger partial charge in [0.05, 0.1) is 33.7 Å². The van der Waals surface area contributed by atoms with Crippen molar-refractivity contribution < 1.29 is 9.50 Å². The van der Waals surface area contributed by atoms with Crippen LogP contribution in [0, 0.1) is 17.1 Å². The molecule has 0 radical (unpaired) electrons. The summed E-state index contributed by atoms with van der Waals surface area (Å²) in [6.07, 6.45) is 7.32. The molecule has 3 N–H and O–H groups in total. The summed E-state index contributed by atoms with van der Waals surface area (Å²) < 4.78 is 15.5. The molecule has 0 atom stereocenters. The third-order valence-electron chi connectivity index (χ3n) is 4.99. The van der Waals surface area contributed by atoms with Crippen molar-refractivity contribution in [3.05, 3.63) is 72.2 Å². The molecule has 28 heavy (non-hydrogen) atoms. The maximum Gasteiger partial charge on any atom is 0.207 e. The molecule has 0 amide bonds. The fraction of sp³-hybridized carbons (Fsp3) is 0. The summed E-state index contributed by atoms with van der Waals surface area (Å²) in [5.41, 5.74) is 10.1. The Morgan fingerprint density at radius 1 is 1.18 bits per heavy atom. The largest absolute Gasteiger partial charge is 0.494 e. The highest BCUT2D eigenvalue weighted by Gasteiger charge is 2.20. The predicted molar refractivity (Wildman–Crippen MR) is 107 cm³/mol. The van der Waals surface area contributed by atoms with Gasteiger partial charge in [0.25, 0.3) is 0 Å². The first kappa shape index (κ1) is 16.1. The van der Waals surface area contributed by atoms with Crippen LogP contribution < -0.4 is 5.73 Å². The highest BCUT2D eigenvalue weighted by Crippen LogP contribution is 2.40. The van der Waals surface area contributed by atoms with E-state index in [2.05, 4.69) is 6.07 Å². The topological polar surface area (TPSA) is 87.9 Å². The Morgan fingerprint density at radius 3 is 2.71 bits per heavy atom. The molecule has 4 aromatic rings. The summed E-state index contributed by atoms with van der Waals surface area (Å²) in [5.74, 6) is -0.418. The number of halogens is 1. The first-order valence-electron chi connectivity index (χ1n) is 8.59. The normalized spacial score (nSPS) is 12.8. The van der Waals surface area contributed by atoms with E-state index in [1.807, 2.05) is 18.2 Å². The van der Waals surface area contributed by atoms with Crippen LogP contribution >= 0.6 is 0 Å². The molecule has 5 nitrogen and oxygen atoms in total. The van der Waals surface area contributed by atoms with Crippen molar-refractivity contribution >= 4 is 33.2 Å². The standard InChI is InChI=1S/C22H13FN4O/c23-13-8-7-12(10-24)17(9-13)15-5-2-6-16-20(25)19-18(26-21(15)16)11-27(22(19)28)14-3-1-4-14/h1-9,11,28H,25H2. The minimum atomic E-state index is -0.437. The maximum absolute atomic E-state index is 13.9. The molecule has 0 aliphatic heterocycles. The molecule has 2 aromatic heterocycles. The first-order valence-corrected chi connectivity index (χ1v) is 8.59. The zero-order chi connectivity index (χ0) is 19.4. The maximum atomic E-state index is 13.9. The van der Waals surface area contributed by atoms with Crippen molar-refractivity contribution in [1.29, 1.82) is 5.26 Å². The van der Waals surface area contributed by atoms with E-state index >= 15 is 0 Å². The minimum absolute atomic E-state index is 0.0198. The molecule has 1 aliphatic rings. The molecule has 0 spiro atoms. The molecule has 0 fully saturated rings. The SMILES string of the molecule is N#Cc1ccc(F)cc1-c1cccc2c(N)c3c(O)n(C4=CC=C4)cc3nc12. The van der Waals surface area contributed by atoms with Crippen LogP contribution in [0.1, 0.15) is 5.56 Å². The number of benzene rings is 2. The van der Waals surface area contributed by atoms with Crippen LogP contribution in [0.2, 0.25) is 0 Å². The first-order chi connectivity index (χ1) is 13.6. The number of fused-ring (bicyclic) bond motifs is 2. The lowest BCUT2D eigenvalue weighted by atomic mass is 9.96. The number of anilines is 1. The van der Waals surface area contributed by atoms with E-state index in [1.54, 1.807) is 29.0 Å². The zero-order valence-corrected chi connectivity index (χ0v) is 14.5. The van der Waals surface area contributed by atoms with Crippen molar-refractivity contribution in [2.24, 2.45) is 0 Å². The number of rotatable bonds is 2. The molecule has 6 heteroatoms. The van der Waals surface area contributed by atoms with Crippen molar-refractivity contribution in [2.75, 3.05) is 5.73 Å². The number of pyridine rings is 1. The van der Waals surface area contributed by atoms with Gasteiger partial charge in [-0.1, -0.05) is 24.3 Å². The fourth-order valence-electron chi connectivity index (χ4n) is 3.56. The number of allylic oxidation sites excluding steroid dienone is 4. The van der Waals surface area contributed by atoms with E-state index in [1.165, 1.54) is 18.2 Å². The molecule has 2 aromatic carbocycles. The molecule has 0 bridgehead atoms. The third-order valence-corrected chi connectivity index (χ3v) is 4.99. The number of nitrogens with zero attached hydrogens (tertiary/aromatic N) is 3. The van der Waals surface area contributed by atoms with Crippen molar-refractivity contribution in [3.8, 4) is 23.1 Å².